The summed E-state index contributed by atoms with van der Waals surface area (Å²) in [5.74, 6) is 1.26. The van der Waals surface area contributed by atoms with Crippen molar-refractivity contribution in [1.82, 2.24) is 24.3 Å². The van der Waals surface area contributed by atoms with E-state index in [1.165, 1.54) is 22.8 Å². The molecule has 0 amide bonds. The lowest BCUT2D eigenvalue weighted by Crippen LogP contribution is -2.36. The van der Waals surface area contributed by atoms with E-state index in [2.05, 4.69) is 20.0 Å². The number of fused-ring (bicyclic) bond motifs is 1. The van der Waals surface area contributed by atoms with Gasteiger partial charge in [-0.25, -0.2) is 14.6 Å². The van der Waals surface area contributed by atoms with Crippen molar-refractivity contribution < 1.29 is 18.3 Å². The highest BCUT2D eigenvalue weighted by molar-refractivity contribution is 5.94. The molecule has 11 heteroatoms. The van der Waals surface area contributed by atoms with Crippen LogP contribution in [0.5, 0.6) is 0 Å². The Morgan fingerprint density at radius 1 is 0.975 bits per heavy atom. The number of benzene rings is 2. The van der Waals surface area contributed by atoms with Crippen molar-refractivity contribution in [1.29, 1.82) is 0 Å². The van der Waals surface area contributed by atoms with Crippen LogP contribution in [-0.2, 0) is 12.7 Å². The molecule has 3 aromatic heterocycles. The Balaban J connectivity index is 1.29. The van der Waals surface area contributed by atoms with Gasteiger partial charge in [0.15, 0.2) is 0 Å². The van der Waals surface area contributed by atoms with E-state index in [-0.39, 0.29) is 18.2 Å². The molecule has 2 aromatic carbocycles. The van der Waals surface area contributed by atoms with E-state index < -0.39 is 11.7 Å². The standard InChI is InChI=1S/C29H25F3N6O2/c30-29(31,32)20-5-7-21(8-6-20)38-24-4-2-1-3-23(24)28(35-38)19-10-14-37(27(40)17-19)18-25-33-13-9-26(34-25)36-15-11-22(39)12-16-36/h1-10,13-14,17,22,39H,11-12,15-16,18H2. The van der Waals surface area contributed by atoms with Gasteiger partial charge in [-0.3, -0.25) is 4.79 Å². The van der Waals surface area contributed by atoms with Crippen LogP contribution in [0.3, 0.4) is 0 Å². The topological polar surface area (TPSA) is 89.1 Å². The predicted molar refractivity (Wildman–Crippen MR) is 144 cm³/mol. The van der Waals surface area contributed by atoms with Crippen molar-refractivity contribution in [2.75, 3.05) is 18.0 Å². The number of anilines is 1. The van der Waals surface area contributed by atoms with Crippen LogP contribution in [0.1, 0.15) is 24.2 Å². The second-order valence-corrected chi connectivity index (χ2v) is 9.75. The molecular formula is C29H25F3N6O2. The molecule has 6 rings (SSSR count). The number of rotatable bonds is 5. The molecule has 4 heterocycles. The van der Waals surface area contributed by atoms with Gasteiger partial charge in [0.2, 0.25) is 0 Å². The lowest BCUT2D eigenvalue weighted by molar-refractivity contribution is -0.137. The summed E-state index contributed by atoms with van der Waals surface area (Å²) in [6.07, 6.45) is -0.0109. The van der Waals surface area contributed by atoms with Crippen LogP contribution < -0.4 is 10.5 Å². The van der Waals surface area contributed by atoms with Crippen LogP contribution in [0, 0.1) is 0 Å². The van der Waals surface area contributed by atoms with Crippen LogP contribution in [0.15, 0.2) is 83.9 Å². The van der Waals surface area contributed by atoms with Gasteiger partial charge in [0.05, 0.1) is 29.4 Å². The summed E-state index contributed by atoms with van der Waals surface area (Å²) >= 11 is 0. The van der Waals surface area contributed by atoms with Crippen molar-refractivity contribution in [2.45, 2.75) is 31.7 Å². The first-order valence-corrected chi connectivity index (χ1v) is 12.9. The van der Waals surface area contributed by atoms with Gasteiger partial charge in [-0.2, -0.15) is 18.3 Å². The molecule has 8 nitrogen and oxygen atoms in total. The molecule has 40 heavy (non-hydrogen) atoms. The fourth-order valence-electron chi connectivity index (χ4n) is 4.94. The minimum atomic E-state index is -4.43. The third-order valence-electron chi connectivity index (χ3n) is 7.09. The Hall–Kier alpha value is -4.51. The molecule has 1 aliphatic rings. The highest BCUT2D eigenvalue weighted by Gasteiger charge is 2.30. The van der Waals surface area contributed by atoms with Gasteiger partial charge in [-0.1, -0.05) is 18.2 Å². The van der Waals surface area contributed by atoms with E-state index >= 15 is 0 Å². The SMILES string of the molecule is O=c1cc(-c2nn(-c3ccc(C(F)(F)F)cc3)c3ccccc23)ccn1Cc1nccc(N2CCC(O)CC2)n1. The van der Waals surface area contributed by atoms with Crippen molar-refractivity contribution >= 4 is 16.7 Å². The highest BCUT2D eigenvalue weighted by Crippen LogP contribution is 2.32. The Kier molecular flexibility index (Phi) is 6.59. The molecule has 0 aliphatic carbocycles. The number of aliphatic hydroxyl groups excluding tert-OH is 1. The third kappa shape index (κ3) is 5.07. The van der Waals surface area contributed by atoms with Gasteiger partial charge in [0, 0.05) is 42.5 Å². The molecule has 1 N–H and O–H groups in total. The maximum Gasteiger partial charge on any atom is 0.416 e. The van der Waals surface area contributed by atoms with Crippen LogP contribution in [0.25, 0.3) is 27.8 Å². The van der Waals surface area contributed by atoms with Gasteiger partial charge in [-0.15, -0.1) is 0 Å². The maximum absolute atomic E-state index is 13.1. The largest absolute Gasteiger partial charge is 0.416 e. The Morgan fingerprint density at radius 2 is 1.73 bits per heavy atom. The predicted octanol–water partition coefficient (Wildman–Crippen LogP) is 4.67. The summed E-state index contributed by atoms with van der Waals surface area (Å²) in [4.78, 5) is 24.2. The normalized spacial score (nSPS) is 14.7. The smallest absolute Gasteiger partial charge is 0.393 e. The van der Waals surface area contributed by atoms with Gasteiger partial charge in [-0.05, 0) is 55.3 Å². The van der Waals surface area contributed by atoms with E-state index in [1.807, 2.05) is 30.3 Å². The van der Waals surface area contributed by atoms with Crippen LogP contribution in [-0.4, -0.2) is 48.6 Å². The molecule has 0 saturated carbocycles. The zero-order valence-corrected chi connectivity index (χ0v) is 21.3. The summed E-state index contributed by atoms with van der Waals surface area (Å²) in [5, 5.41) is 15.2. The summed E-state index contributed by atoms with van der Waals surface area (Å²) in [7, 11) is 0. The quantitative estimate of drug-likeness (QED) is 0.345. The molecule has 0 spiro atoms. The Bertz CT molecular complexity index is 1720. The first-order valence-electron chi connectivity index (χ1n) is 12.9. The summed E-state index contributed by atoms with van der Waals surface area (Å²) in [5.41, 5.74) is 1.32. The number of alkyl halides is 3. The molecule has 1 saturated heterocycles. The first kappa shape index (κ1) is 25.8. The third-order valence-corrected chi connectivity index (χ3v) is 7.09. The fraction of sp³-hybridized carbons (Fsp3) is 0.241. The number of aliphatic hydroxyl groups is 1. The zero-order valence-electron chi connectivity index (χ0n) is 21.3. The number of halogens is 3. The molecule has 0 atom stereocenters. The number of piperidine rings is 1. The van der Waals surface area contributed by atoms with Crippen LogP contribution in [0.4, 0.5) is 19.0 Å². The van der Waals surface area contributed by atoms with E-state index in [0.29, 0.717) is 54.2 Å². The minimum absolute atomic E-state index is 0.185. The monoisotopic (exact) mass is 546 g/mol. The second kappa shape index (κ2) is 10.2. The number of para-hydroxylation sites is 1. The lowest BCUT2D eigenvalue weighted by atomic mass is 10.1. The number of pyridine rings is 1. The summed E-state index contributed by atoms with van der Waals surface area (Å²) < 4.78 is 42.3. The maximum atomic E-state index is 13.1. The van der Waals surface area contributed by atoms with Crippen LogP contribution in [0.2, 0.25) is 0 Å². The van der Waals surface area contributed by atoms with Crippen molar-refractivity contribution in [2.24, 2.45) is 0 Å². The highest BCUT2D eigenvalue weighted by atomic mass is 19.4. The number of nitrogens with zero attached hydrogens (tertiary/aromatic N) is 6. The van der Waals surface area contributed by atoms with Gasteiger partial charge in [0.1, 0.15) is 17.3 Å². The van der Waals surface area contributed by atoms with Gasteiger partial charge in [0.25, 0.3) is 5.56 Å². The molecule has 5 aromatic rings. The average molecular weight is 547 g/mol. The second-order valence-electron chi connectivity index (χ2n) is 9.75. The fourth-order valence-corrected chi connectivity index (χ4v) is 4.94. The van der Waals surface area contributed by atoms with E-state index in [9.17, 15) is 23.1 Å². The van der Waals surface area contributed by atoms with Crippen molar-refractivity contribution in [3.63, 3.8) is 0 Å². The molecule has 1 fully saturated rings. The zero-order chi connectivity index (χ0) is 27.9. The lowest BCUT2D eigenvalue weighted by Gasteiger charge is -2.30. The van der Waals surface area contributed by atoms with Crippen LogP contribution >= 0.6 is 0 Å². The van der Waals surface area contributed by atoms with Crippen molar-refractivity contribution in [3.05, 3.63) is 101 Å². The van der Waals surface area contributed by atoms with Gasteiger partial charge < -0.3 is 14.6 Å². The molecule has 204 valence electrons. The number of aromatic nitrogens is 5. The van der Waals surface area contributed by atoms with Crippen molar-refractivity contribution in [3.8, 4) is 16.9 Å². The molecule has 1 aliphatic heterocycles. The first-order chi connectivity index (χ1) is 19.3. The minimum Gasteiger partial charge on any atom is -0.393 e. The molecule has 0 bridgehead atoms. The number of hydrogen-bond donors (Lipinski definition) is 1. The molecule has 0 radical (unpaired) electrons. The van der Waals surface area contributed by atoms with Gasteiger partial charge >= 0.3 is 6.18 Å². The summed E-state index contributed by atoms with van der Waals surface area (Å²) in [6.45, 7) is 1.60. The number of hydrogen-bond acceptors (Lipinski definition) is 6. The Morgan fingerprint density at radius 3 is 2.45 bits per heavy atom. The molecule has 0 unspecified atom stereocenters. The Labute approximate surface area is 227 Å². The average Bonchev–Trinajstić information content (AvgIpc) is 3.34. The summed E-state index contributed by atoms with van der Waals surface area (Å²) in [6, 6.07) is 17.3. The van der Waals surface area contributed by atoms with E-state index in [0.717, 1.165) is 23.3 Å². The van der Waals surface area contributed by atoms with E-state index in [4.69, 9.17) is 0 Å². The van der Waals surface area contributed by atoms with E-state index in [1.54, 1.807) is 23.1 Å². The molecular weight excluding hydrogens is 521 g/mol.